The summed E-state index contributed by atoms with van der Waals surface area (Å²) in [5.74, 6) is -2.74. The van der Waals surface area contributed by atoms with Crippen molar-refractivity contribution in [2.75, 3.05) is 0 Å². The number of para-hydroxylation sites is 1. The van der Waals surface area contributed by atoms with Gasteiger partial charge in [-0.05, 0) is 40.3 Å². The molecule has 7 heteroatoms. The molecule has 35 heavy (non-hydrogen) atoms. The number of aliphatic carboxylic acids is 1. The van der Waals surface area contributed by atoms with Gasteiger partial charge in [0.1, 0.15) is 0 Å². The predicted octanol–water partition coefficient (Wildman–Crippen LogP) is 6.94. The van der Waals surface area contributed by atoms with Crippen molar-refractivity contribution in [2.45, 2.75) is 38.9 Å². The van der Waals surface area contributed by atoms with Crippen LogP contribution in [-0.2, 0) is 22.9 Å². The molecule has 0 aliphatic heterocycles. The standard InChI is InChI=1S/C28H24F3NO3/c1-27(2,3)19-12-8-17(9-13-19)16-32-22-7-5-4-6-21(22)23(25(33)26(34)35)24(32)18-10-14-20(15-11-18)28(29,30)31/h4-15H,16H2,1-3H3,(H,34,35). The number of fused-ring (bicyclic) bond motifs is 1. The van der Waals surface area contributed by atoms with Crippen molar-refractivity contribution in [1.82, 2.24) is 4.57 Å². The molecule has 0 bridgehead atoms. The number of hydrogen-bond acceptors (Lipinski definition) is 2. The molecule has 3 aromatic carbocycles. The Morgan fingerprint density at radius 1 is 0.829 bits per heavy atom. The second kappa shape index (κ2) is 8.73. The molecule has 0 radical (unpaired) electrons. The van der Waals surface area contributed by atoms with Crippen LogP contribution in [0.3, 0.4) is 0 Å². The number of benzene rings is 3. The number of carbonyl (C=O) groups excluding carboxylic acids is 1. The number of halogens is 3. The van der Waals surface area contributed by atoms with E-state index in [1.165, 1.54) is 12.1 Å². The van der Waals surface area contributed by atoms with Gasteiger partial charge in [-0.1, -0.05) is 75.4 Å². The number of alkyl halides is 3. The van der Waals surface area contributed by atoms with E-state index in [4.69, 9.17) is 0 Å². The van der Waals surface area contributed by atoms with Crippen molar-refractivity contribution in [3.8, 4) is 11.3 Å². The Morgan fingerprint density at radius 3 is 1.94 bits per heavy atom. The second-order valence-electron chi connectivity index (χ2n) is 9.48. The number of aromatic nitrogens is 1. The molecule has 0 saturated heterocycles. The summed E-state index contributed by atoms with van der Waals surface area (Å²) >= 11 is 0. The first-order valence-corrected chi connectivity index (χ1v) is 11.0. The third-order valence-electron chi connectivity index (χ3n) is 6.04. The molecule has 0 amide bonds. The van der Waals surface area contributed by atoms with Gasteiger partial charge in [0.15, 0.2) is 0 Å². The zero-order valence-electron chi connectivity index (χ0n) is 19.5. The first-order chi connectivity index (χ1) is 16.4. The number of ketones is 1. The normalized spacial score (nSPS) is 12.2. The van der Waals surface area contributed by atoms with Crippen molar-refractivity contribution < 1.29 is 27.9 Å². The highest BCUT2D eigenvalue weighted by Gasteiger charge is 2.31. The highest BCUT2D eigenvalue weighted by Crippen LogP contribution is 2.37. The summed E-state index contributed by atoms with van der Waals surface area (Å²) in [6, 6.07) is 19.3. The van der Waals surface area contributed by atoms with Crippen LogP contribution in [-0.4, -0.2) is 21.4 Å². The fraction of sp³-hybridized carbons (Fsp3) is 0.214. The molecule has 4 rings (SSSR count). The van der Waals surface area contributed by atoms with Gasteiger partial charge in [0, 0.05) is 17.4 Å². The van der Waals surface area contributed by atoms with Gasteiger partial charge in [-0.2, -0.15) is 13.2 Å². The number of Topliss-reactive ketones (excluding diaryl/α,β-unsaturated/α-hetero) is 1. The van der Waals surface area contributed by atoms with E-state index in [1.54, 1.807) is 28.8 Å². The molecule has 1 aromatic heterocycles. The third-order valence-corrected chi connectivity index (χ3v) is 6.04. The average molecular weight is 479 g/mol. The van der Waals surface area contributed by atoms with E-state index in [9.17, 15) is 27.9 Å². The Morgan fingerprint density at radius 2 is 1.40 bits per heavy atom. The second-order valence-corrected chi connectivity index (χ2v) is 9.48. The molecule has 0 saturated carbocycles. The first kappa shape index (κ1) is 24.3. The molecule has 0 unspecified atom stereocenters. The van der Waals surface area contributed by atoms with Crippen LogP contribution in [0.5, 0.6) is 0 Å². The fourth-order valence-corrected chi connectivity index (χ4v) is 4.21. The highest BCUT2D eigenvalue weighted by molar-refractivity contribution is 6.43. The Kier molecular flexibility index (Phi) is 6.05. The Balaban J connectivity index is 1.94. The van der Waals surface area contributed by atoms with Crippen LogP contribution in [0.1, 0.15) is 47.8 Å². The lowest BCUT2D eigenvalue weighted by Crippen LogP contribution is -2.14. The molecular weight excluding hydrogens is 455 g/mol. The maximum Gasteiger partial charge on any atom is 0.416 e. The molecule has 4 nitrogen and oxygen atoms in total. The molecule has 0 aliphatic carbocycles. The van der Waals surface area contributed by atoms with E-state index in [-0.39, 0.29) is 16.7 Å². The Labute approximate surface area is 200 Å². The van der Waals surface area contributed by atoms with Crippen LogP contribution >= 0.6 is 0 Å². The predicted molar refractivity (Wildman–Crippen MR) is 129 cm³/mol. The van der Waals surface area contributed by atoms with E-state index in [1.807, 2.05) is 24.3 Å². The molecule has 180 valence electrons. The maximum absolute atomic E-state index is 13.1. The van der Waals surface area contributed by atoms with E-state index in [0.717, 1.165) is 23.3 Å². The number of nitrogens with zero attached hydrogens (tertiary/aromatic N) is 1. The lowest BCUT2D eigenvalue weighted by molar-refractivity contribution is -0.137. The summed E-state index contributed by atoms with van der Waals surface area (Å²) in [6.07, 6.45) is -4.51. The maximum atomic E-state index is 13.1. The van der Waals surface area contributed by atoms with Gasteiger partial charge in [0.2, 0.25) is 0 Å². The van der Waals surface area contributed by atoms with Crippen LogP contribution in [0.2, 0.25) is 0 Å². The minimum atomic E-state index is -4.51. The van der Waals surface area contributed by atoms with Crippen LogP contribution in [0.15, 0.2) is 72.8 Å². The zero-order valence-corrected chi connectivity index (χ0v) is 19.5. The molecule has 0 atom stereocenters. The van der Waals surface area contributed by atoms with Gasteiger partial charge in [0.25, 0.3) is 5.78 Å². The van der Waals surface area contributed by atoms with Gasteiger partial charge in [-0.3, -0.25) is 4.79 Å². The molecule has 0 fully saturated rings. The lowest BCUT2D eigenvalue weighted by atomic mass is 9.87. The van der Waals surface area contributed by atoms with Crippen molar-refractivity contribution in [2.24, 2.45) is 0 Å². The topological polar surface area (TPSA) is 59.3 Å². The van der Waals surface area contributed by atoms with Crippen LogP contribution in [0, 0.1) is 0 Å². The van der Waals surface area contributed by atoms with E-state index >= 15 is 0 Å². The van der Waals surface area contributed by atoms with Crippen molar-refractivity contribution >= 4 is 22.7 Å². The van der Waals surface area contributed by atoms with Crippen molar-refractivity contribution in [1.29, 1.82) is 0 Å². The summed E-state index contributed by atoms with van der Waals surface area (Å²) < 4.78 is 41.2. The summed E-state index contributed by atoms with van der Waals surface area (Å²) in [7, 11) is 0. The number of rotatable bonds is 5. The third kappa shape index (κ3) is 4.71. The average Bonchev–Trinajstić information content (AvgIpc) is 3.12. The summed E-state index contributed by atoms with van der Waals surface area (Å²) in [6.45, 7) is 6.62. The summed E-state index contributed by atoms with van der Waals surface area (Å²) in [5.41, 5.74) is 2.35. The van der Waals surface area contributed by atoms with Crippen molar-refractivity contribution in [3.05, 3.63) is 95.1 Å². The summed E-state index contributed by atoms with van der Waals surface area (Å²) in [5, 5.41) is 9.95. The molecule has 1 heterocycles. The van der Waals surface area contributed by atoms with E-state index in [0.29, 0.717) is 23.0 Å². The van der Waals surface area contributed by atoms with Gasteiger partial charge in [-0.25, -0.2) is 4.79 Å². The highest BCUT2D eigenvalue weighted by atomic mass is 19.4. The largest absolute Gasteiger partial charge is 0.475 e. The minimum absolute atomic E-state index is 0.0366. The zero-order chi connectivity index (χ0) is 25.5. The number of hydrogen-bond donors (Lipinski definition) is 1. The fourth-order valence-electron chi connectivity index (χ4n) is 4.21. The van der Waals surface area contributed by atoms with Crippen LogP contribution < -0.4 is 0 Å². The SMILES string of the molecule is CC(C)(C)c1ccc(Cn2c(-c3ccc(C(F)(F)F)cc3)c(C(=O)C(=O)O)c3ccccc32)cc1. The Hall–Kier alpha value is -3.87. The monoisotopic (exact) mass is 479 g/mol. The lowest BCUT2D eigenvalue weighted by Gasteiger charge is -2.19. The molecule has 1 N–H and O–H groups in total. The summed E-state index contributed by atoms with van der Waals surface area (Å²) in [4.78, 5) is 24.5. The van der Waals surface area contributed by atoms with E-state index in [2.05, 4.69) is 20.8 Å². The molecule has 0 spiro atoms. The van der Waals surface area contributed by atoms with Gasteiger partial charge in [-0.15, -0.1) is 0 Å². The molecular formula is C28H24F3NO3. The van der Waals surface area contributed by atoms with Gasteiger partial charge < -0.3 is 9.67 Å². The number of carboxylic acids is 1. The van der Waals surface area contributed by atoms with Crippen LogP contribution in [0.4, 0.5) is 13.2 Å². The number of carbonyl (C=O) groups is 2. The Bertz CT molecular complexity index is 1410. The first-order valence-electron chi connectivity index (χ1n) is 11.0. The van der Waals surface area contributed by atoms with Crippen LogP contribution in [0.25, 0.3) is 22.2 Å². The van der Waals surface area contributed by atoms with Gasteiger partial charge in [0.05, 0.1) is 16.8 Å². The van der Waals surface area contributed by atoms with Crippen molar-refractivity contribution in [3.63, 3.8) is 0 Å². The van der Waals surface area contributed by atoms with E-state index < -0.39 is 23.5 Å². The smallest absolute Gasteiger partial charge is 0.416 e. The molecule has 0 aliphatic rings. The van der Waals surface area contributed by atoms with Gasteiger partial charge >= 0.3 is 12.1 Å². The molecule has 4 aromatic rings. The quantitative estimate of drug-likeness (QED) is 0.249. The number of carboxylic acid groups (broad SMARTS) is 1. The minimum Gasteiger partial charge on any atom is -0.475 e.